The van der Waals surface area contributed by atoms with E-state index in [-0.39, 0.29) is 5.91 Å². The van der Waals surface area contributed by atoms with E-state index < -0.39 is 0 Å². The molecular weight excluding hydrogens is 392 g/mol. The summed E-state index contributed by atoms with van der Waals surface area (Å²) in [5.74, 6) is -0.215. The molecule has 2 aromatic carbocycles. The summed E-state index contributed by atoms with van der Waals surface area (Å²) >= 11 is 7.52. The summed E-state index contributed by atoms with van der Waals surface area (Å²) in [7, 11) is 0. The summed E-state index contributed by atoms with van der Waals surface area (Å²) in [6.07, 6.45) is 0.756. The molecule has 0 spiro atoms. The van der Waals surface area contributed by atoms with Crippen LogP contribution in [0.3, 0.4) is 0 Å². The van der Waals surface area contributed by atoms with Crippen LogP contribution in [-0.4, -0.2) is 21.1 Å². The number of nitrogens with one attached hydrogen (secondary N) is 1. The van der Waals surface area contributed by atoms with E-state index in [1.165, 1.54) is 11.3 Å². The molecule has 0 unspecified atom stereocenters. The monoisotopic (exact) mass is 408 g/mol. The van der Waals surface area contributed by atoms with E-state index in [0.29, 0.717) is 20.7 Å². The summed E-state index contributed by atoms with van der Waals surface area (Å²) in [5.41, 5.74) is 4.02. The molecule has 140 valence electrons. The number of anilines is 1. The number of aryl methyl sites for hydroxylation is 1. The normalized spacial score (nSPS) is 11.0. The van der Waals surface area contributed by atoms with Gasteiger partial charge in [0, 0.05) is 16.6 Å². The van der Waals surface area contributed by atoms with Gasteiger partial charge in [-0.05, 0) is 31.0 Å². The number of benzene rings is 2. The number of fused-ring (bicyclic) bond motifs is 1. The fraction of sp³-hybridized carbons (Fsp3) is 0.143. The third-order valence-corrected chi connectivity index (χ3v) is 5.75. The van der Waals surface area contributed by atoms with Gasteiger partial charge in [0.05, 0.1) is 16.1 Å². The average Bonchev–Trinajstić information content (AvgIpc) is 3.15. The van der Waals surface area contributed by atoms with Crippen molar-refractivity contribution >= 4 is 44.9 Å². The van der Waals surface area contributed by atoms with E-state index in [0.717, 1.165) is 34.1 Å². The minimum atomic E-state index is -0.215. The van der Waals surface area contributed by atoms with Crippen molar-refractivity contribution in [1.82, 2.24) is 15.2 Å². The van der Waals surface area contributed by atoms with Crippen LogP contribution in [0.2, 0.25) is 5.02 Å². The van der Waals surface area contributed by atoms with E-state index in [2.05, 4.69) is 20.5 Å². The van der Waals surface area contributed by atoms with Crippen LogP contribution in [0.4, 0.5) is 5.13 Å². The zero-order valence-electron chi connectivity index (χ0n) is 15.4. The molecule has 0 saturated heterocycles. The molecule has 7 heteroatoms. The second-order valence-corrected chi connectivity index (χ2v) is 7.66. The Bertz CT molecular complexity index is 1190. The Labute approximate surface area is 171 Å². The maximum Gasteiger partial charge on any atom is 0.258 e. The van der Waals surface area contributed by atoms with Crippen molar-refractivity contribution < 1.29 is 4.79 Å². The second-order valence-electron chi connectivity index (χ2n) is 6.28. The van der Waals surface area contributed by atoms with E-state index in [1.807, 2.05) is 56.3 Å². The summed E-state index contributed by atoms with van der Waals surface area (Å²) < 4.78 is 0. The van der Waals surface area contributed by atoms with Gasteiger partial charge >= 0.3 is 0 Å². The Morgan fingerprint density at radius 3 is 2.64 bits per heavy atom. The van der Waals surface area contributed by atoms with Crippen LogP contribution in [0.25, 0.3) is 21.5 Å². The van der Waals surface area contributed by atoms with E-state index in [9.17, 15) is 4.79 Å². The molecule has 28 heavy (non-hydrogen) atoms. The van der Waals surface area contributed by atoms with Crippen LogP contribution in [0.15, 0.2) is 48.5 Å². The van der Waals surface area contributed by atoms with Crippen LogP contribution in [-0.2, 0) is 6.42 Å². The Morgan fingerprint density at radius 2 is 1.86 bits per heavy atom. The molecule has 0 aliphatic heterocycles. The summed E-state index contributed by atoms with van der Waals surface area (Å²) in [5, 5.41) is 13.7. The number of amides is 1. The maximum absolute atomic E-state index is 13.1. The van der Waals surface area contributed by atoms with Gasteiger partial charge in [0.15, 0.2) is 5.01 Å². The smallest absolute Gasteiger partial charge is 0.258 e. The fourth-order valence-electron chi connectivity index (χ4n) is 3.17. The largest absolute Gasteiger partial charge is 0.296 e. The number of pyridine rings is 1. The molecule has 0 aliphatic carbocycles. The molecule has 4 aromatic rings. The van der Waals surface area contributed by atoms with Gasteiger partial charge in [0.2, 0.25) is 5.13 Å². The molecule has 1 amide bonds. The Kier molecular flexibility index (Phi) is 5.07. The first kappa shape index (κ1) is 18.5. The van der Waals surface area contributed by atoms with Gasteiger partial charge in [-0.25, -0.2) is 0 Å². The molecule has 0 fully saturated rings. The highest BCUT2D eigenvalue weighted by atomic mass is 35.5. The lowest BCUT2D eigenvalue weighted by molar-refractivity contribution is 0.102. The van der Waals surface area contributed by atoms with Crippen LogP contribution >= 0.6 is 22.9 Å². The fourth-order valence-corrected chi connectivity index (χ4v) is 4.23. The lowest BCUT2D eigenvalue weighted by Crippen LogP contribution is -2.15. The van der Waals surface area contributed by atoms with Gasteiger partial charge in [-0.2, -0.15) is 0 Å². The Morgan fingerprint density at radius 1 is 1.11 bits per heavy atom. The minimum absolute atomic E-state index is 0.215. The highest BCUT2D eigenvalue weighted by Crippen LogP contribution is 2.32. The molecule has 0 atom stereocenters. The zero-order valence-corrected chi connectivity index (χ0v) is 16.9. The van der Waals surface area contributed by atoms with E-state index in [1.54, 1.807) is 6.07 Å². The number of hydrogen-bond acceptors (Lipinski definition) is 5. The van der Waals surface area contributed by atoms with Gasteiger partial charge in [0.1, 0.15) is 0 Å². The predicted octanol–water partition coefficient (Wildman–Crippen LogP) is 5.53. The van der Waals surface area contributed by atoms with Gasteiger partial charge in [-0.15, -0.1) is 10.2 Å². The second kappa shape index (κ2) is 7.66. The highest BCUT2D eigenvalue weighted by Gasteiger charge is 2.19. The van der Waals surface area contributed by atoms with Crippen LogP contribution in [0.1, 0.15) is 28.5 Å². The van der Waals surface area contributed by atoms with E-state index >= 15 is 0 Å². The van der Waals surface area contributed by atoms with Gasteiger partial charge in [-0.1, -0.05) is 66.3 Å². The van der Waals surface area contributed by atoms with Crippen LogP contribution < -0.4 is 5.32 Å². The first-order valence-electron chi connectivity index (χ1n) is 8.86. The molecular formula is C21H17ClN4OS. The number of para-hydroxylation sites is 1. The number of carbonyl (C=O) groups is 1. The lowest BCUT2D eigenvalue weighted by atomic mass is 9.99. The molecule has 0 radical (unpaired) electrons. The van der Waals surface area contributed by atoms with Crippen molar-refractivity contribution in [3.8, 4) is 10.6 Å². The Hall–Kier alpha value is -2.83. The number of aromatic nitrogens is 3. The van der Waals surface area contributed by atoms with Crippen molar-refractivity contribution in [2.45, 2.75) is 20.3 Å². The van der Waals surface area contributed by atoms with Crippen molar-refractivity contribution in [3.05, 3.63) is 70.4 Å². The van der Waals surface area contributed by atoms with Crippen LogP contribution in [0.5, 0.6) is 0 Å². The van der Waals surface area contributed by atoms with Crippen molar-refractivity contribution in [2.24, 2.45) is 0 Å². The average molecular weight is 409 g/mol. The predicted molar refractivity (Wildman–Crippen MR) is 114 cm³/mol. The van der Waals surface area contributed by atoms with E-state index in [4.69, 9.17) is 11.6 Å². The number of rotatable bonds is 4. The standard InChI is InChI=1S/C21H17ClN4OS/c1-3-16-12(2)18(14-9-5-7-11-17(14)23-16)19(27)24-21-26-25-20(28-21)13-8-4-6-10-15(13)22/h4-11H,3H2,1-2H3,(H,24,26,27). The molecule has 1 N–H and O–H groups in total. The van der Waals surface area contributed by atoms with Gasteiger partial charge in [-0.3, -0.25) is 15.1 Å². The minimum Gasteiger partial charge on any atom is -0.296 e. The first-order valence-corrected chi connectivity index (χ1v) is 10.1. The number of carbonyl (C=O) groups excluding carboxylic acids is 1. The van der Waals surface area contributed by atoms with Crippen molar-refractivity contribution in [2.75, 3.05) is 5.32 Å². The Balaban J connectivity index is 1.70. The van der Waals surface area contributed by atoms with Crippen LogP contribution in [0, 0.1) is 6.92 Å². The maximum atomic E-state index is 13.1. The van der Waals surface area contributed by atoms with Crippen molar-refractivity contribution in [3.63, 3.8) is 0 Å². The third-order valence-electron chi connectivity index (χ3n) is 4.55. The van der Waals surface area contributed by atoms with Gasteiger partial charge in [0.25, 0.3) is 5.91 Å². The molecule has 0 bridgehead atoms. The number of halogens is 1. The molecule has 2 aromatic heterocycles. The molecule has 4 rings (SSSR count). The topological polar surface area (TPSA) is 67.8 Å². The molecule has 0 saturated carbocycles. The lowest BCUT2D eigenvalue weighted by Gasteiger charge is -2.12. The quantitative estimate of drug-likeness (QED) is 0.482. The zero-order chi connectivity index (χ0) is 19.7. The third kappa shape index (κ3) is 3.37. The van der Waals surface area contributed by atoms with Crippen molar-refractivity contribution in [1.29, 1.82) is 0 Å². The molecule has 2 heterocycles. The summed E-state index contributed by atoms with van der Waals surface area (Å²) in [6.45, 7) is 3.97. The first-order chi connectivity index (χ1) is 13.6. The molecule has 5 nitrogen and oxygen atoms in total. The summed E-state index contributed by atoms with van der Waals surface area (Å²) in [6, 6.07) is 15.1. The van der Waals surface area contributed by atoms with Gasteiger partial charge < -0.3 is 0 Å². The highest BCUT2D eigenvalue weighted by molar-refractivity contribution is 7.18. The number of hydrogen-bond donors (Lipinski definition) is 1. The SMILES string of the molecule is CCc1nc2ccccc2c(C(=O)Nc2nnc(-c3ccccc3Cl)s2)c1C. The molecule has 0 aliphatic rings. The summed E-state index contributed by atoms with van der Waals surface area (Å²) in [4.78, 5) is 17.8. The number of nitrogens with zero attached hydrogens (tertiary/aromatic N) is 3.